The number of guanidine groups is 1. The summed E-state index contributed by atoms with van der Waals surface area (Å²) in [5.74, 6) is -7.88. The number of halogens is 3. The fraction of sp³-hybridized carbons (Fsp3) is 0.581. The van der Waals surface area contributed by atoms with Crippen LogP contribution < -0.4 is 65.8 Å². The van der Waals surface area contributed by atoms with Gasteiger partial charge in [-0.05, 0) is 108 Å². The highest BCUT2D eigenvalue weighted by Gasteiger charge is 2.38. The van der Waals surface area contributed by atoms with Crippen molar-refractivity contribution >= 4 is 69.9 Å². The van der Waals surface area contributed by atoms with Gasteiger partial charge in [-0.15, -0.1) is 0 Å². The predicted octanol–water partition coefficient (Wildman–Crippen LogP) is -0.0500. The van der Waals surface area contributed by atoms with Gasteiger partial charge in [-0.3, -0.25) is 39.0 Å². The molecule has 5 atom stereocenters. The fourth-order valence-electron chi connectivity index (χ4n) is 6.55. The van der Waals surface area contributed by atoms with Crippen LogP contribution in [0.1, 0.15) is 97.0 Å². The molecule has 7 amide bonds. The van der Waals surface area contributed by atoms with Crippen molar-refractivity contribution < 1.29 is 61.1 Å². The van der Waals surface area contributed by atoms with Gasteiger partial charge in [0.05, 0.1) is 0 Å². The number of carbonyl (C=O) groups is 8. The summed E-state index contributed by atoms with van der Waals surface area (Å²) < 4.78 is 37.1. The molecule has 2 aromatic rings. The van der Waals surface area contributed by atoms with Crippen LogP contribution in [-0.2, 0) is 38.4 Å². The number of hydrogen-bond donors (Lipinski definition) is 13. The summed E-state index contributed by atoms with van der Waals surface area (Å²) in [7, 11) is 0. The lowest BCUT2D eigenvalue weighted by atomic mass is 10.0. The minimum absolute atomic E-state index is 0.0912. The quantitative estimate of drug-likeness (QED) is 0.0230. The number of amides is 7. The number of carbonyl (C=O) groups excluding carboxylic acids is 7. The first-order valence-electron chi connectivity index (χ1n) is 22.2. The molecule has 0 saturated heterocycles. The Morgan fingerprint density at radius 3 is 1.64 bits per heavy atom. The first-order valence-corrected chi connectivity index (χ1v) is 22.2. The molecule has 0 saturated carbocycles. The van der Waals surface area contributed by atoms with E-state index in [-0.39, 0.29) is 62.5 Å². The van der Waals surface area contributed by atoms with Crippen LogP contribution in [0.15, 0.2) is 33.5 Å². The van der Waals surface area contributed by atoms with Crippen molar-refractivity contribution in [2.24, 2.45) is 28.9 Å². The summed E-state index contributed by atoms with van der Waals surface area (Å²) >= 11 is 0. The maximum absolute atomic E-state index is 14.0. The third-order valence-electron chi connectivity index (χ3n) is 9.95. The number of alkyl halides is 3. The summed E-state index contributed by atoms with van der Waals surface area (Å²) in [6, 6.07) is 0.266. The number of primary amides is 1. The molecule has 0 radical (unpaired) electrons. The number of anilines is 1. The van der Waals surface area contributed by atoms with Crippen LogP contribution >= 0.6 is 0 Å². The van der Waals surface area contributed by atoms with Gasteiger partial charge in [0.15, 0.2) is 5.96 Å². The van der Waals surface area contributed by atoms with Gasteiger partial charge < -0.3 is 69.7 Å². The Bertz CT molecular complexity index is 2140. The van der Waals surface area contributed by atoms with E-state index < -0.39 is 89.3 Å². The molecule has 23 nitrogen and oxygen atoms in total. The van der Waals surface area contributed by atoms with Gasteiger partial charge in [0.25, 0.3) is 0 Å². The minimum Gasteiger partial charge on any atom is -0.475 e. The number of unbranched alkanes of at least 4 members (excludes halogenated alkanes) is 2. The Balaban J connectivity index is 0.00000314. The number of carboxylic acids is 1. The monoisotopic (exact) mass is 985 g/mol. The average molecular weight is 985 g/mol. The zero-order chi connectivity index (χ0) is 52.4. The number of hydrogen-bond acceptors (Lipinski definition) is 13. The lowest BCUT2D eigenvalue weighted by Crippen LogP contribution is -2.59. The second-order valence-corrected chi connectivity index (χ2v) is 16.4. The number of nitrogens with two attached hydrogens (primary N) is 4. The summed E-state index contributed by atoms with van der Waals surface area (Å²) in [5.41, 5.74) is 22.8. The standard InChI is InChI=1S/C41H66N12O9.C2HF3O2/c1-23(2)20-32(40(61)51-30(12-9-19-47-41(45)46)36(57)49-26-13-14-27-24(3)21-35(56)62-33(27)22-26)53-38(59)29(11-6-8-18-43)50-39(60)31(15-16-34(44)55)52-37(58)28(48-25(4)54)10-5-7-17-42;3-2(4,5)1(6)7/h13-14,21-23,28-32H,5-12,15-20,42-43H2,1-4H3,(H2,44,55)(H,48,54)(H,49,57)(H,50,60)(H,51,61)(H,52,58)(H,53,59)(H4,45,46,47);(H,6,7)/t28-,29-,30-,31-,32-;/m0./s1. The summed E-state index contributed by atoms with van der Waals surface area (Å²) in [6.07, 6.45) is -2.74. The SMILES string of the molecule is CC(=O)N[C@@H](CCCCN)C(=O)N[C@@H](CCC(N)=O)C(=O)N[C@@H](CCCCN)C(=O)N[C@@H](CC(C)C)C(=O)N[C@@H](CCCNC(=N)N)C(=O)Nc1ccc2c(C)cc(=O)oc2c1.O=C(O)C(F)(F)F. The van der Waals surface area contributed by atoms with E-state index in [1.807, 2.05) is 13.8 Å². The van der Waals surface area contributed by atoms with E-state index in [4.69, 9.17) is 42.7 Å². The number of aryl methyl sites for hydroxylation is 1. The molecule has 1 aromatic carbocycles. The topological polar surface area (TPSA) is 399 Å². The largest absolute Gasteiger partial charge is 0.490 e. The zero-order valence-corrected chi connectivity index (χ0v) is 39.1. The summed E-state index contributed by atoms with van der Waals surface area (Å²) in [4.78, 5) is 114. The van der Waals surface area contributed by atoms with Crippen LogP contribution in [-0.4, -0.2) is 114 Å². The smallest absolute Gasteiger partial charge is 0.475 e. The van der Waals surface area contributed by atoms with E-state index >= 15 is 0 Å². The Hall–Kier alpha value is -6.83. The van der Waals surface area contributed by atoms with E-state index in [0.717, 1.165) is 0 Å². The van der Waals surface area contributed by atoms with Crippen molar-refractivity contribution in [3.63, 3.8) is 0 Å². The molecular formula is C43H67F3N12O11. The molecule has 0 aliphatic carbocycles. The second kappa shape index (κ2) is 30.5. The van der Waals surface area contributed by atoms with Crippen LogP contribution in [0, 0.1) is 18.3 Å². The summed E-state index contributed by atoms with van der Waals surface area (Å²) in [6.45, 7) is 7.55. The highest BCUT2D eigenvalue weighted by atomic mass is 19.4. The molecular weight excluding hydrogens is 918 g/mol. The fourth-order valence-corrected chi connectivity index (χ4v) is 6.55. The van der Waals surface area contributed by atoms with Crippen molar-refractivity contribution in [3.05, 3.63) is 40.2 Å². The van der Waals surface area contributed by atoms with Gasteiger partial charge in [-0.2, -0.15) is 13.2 Å². The molecule has 69 heavy (non-hydrogen) atoms. The van der Waals surface area contributed by atoms with Crippen molar-refractivity contribution in [2.45, 2.75) is 135 Å². The molecule has 0 aliphatic heterocycles. The molecule has 0 unspecified atom stereocenters. The highest BCUT2D eigenvalue weighted by Crippen LogP contribution is 2.21. The molecule has 0 bridgehead atoms. The van der Waals surface area contributed by atoms with Crippen LogP contribution in [0.25, 0.3) is 11.0 Å². The number of carboxylic acid groups (broad SMARTS) is 1. The van der Waals surface area contributed by atoms with Crippen molar-refractivity contribution in [1.29, 1.82) is 5.41 Å². The van der Waals surface area contributed by atoms with Crippen molar-refractivity contribution in [3.8, 4) is 0 Å². The Morgan fingerprint density at radius 2 is 1.17 bits per heavy atom. The van der Waals surface area contributed by atoms with Gasteiger partial charge in [-0.1, -0.05) is 13.8 Å². The van der Waals surface area contributed by atoms with Gasteiger partial charge in [0, 0.05) is 43.1 Å². The van der Waals surface area contributed by atoms with E-state index in [1.54, 1.807) is 19.1 Å². The molecule has 26 heteroatoms. The highest BCUT2D eigenvalue weighted by molar-refractivity contribution is 6.00. The van der Waals surface area contributed by atoms with Crippen LogP contribution in [0.5, 0.6) is 0 Å². The Kier molecular flexibility index (Phi) is 26.6. The van der Waals surface area contributed by atoms with Gasteiger partial charge in [-0.25, -0.2) is 9.59 Å². The van der Waals surface area contributed by atoms with E-state index in [9.17, 15) is 51.5 Å². The molecule has 1 aromatic heterocycles. The van der Waals surface area contributed by atoms with E-state index in [2.05, 4.69) is 37.2 Å². The number of fused-ring (bicyclic) bond motifs is 1. The third-order valence-corrected chi connectivity index (χ3v) is 9.95. The van der Waals surface area contributed by atoms with E-state index in [0.29, 0.717) is 61.8 Å². The predicted molar refractivity (Wildman–Crippen MR) is 248 cm³/mol. The molecule has 17 N–H and O–H groups in total. The second-order valence-electron chi connectivity index (χ2n) is 16.4. The Labute approximate surface area is 396 Å². The van der Waals surface area contributed by atoms with Crippen molar-refractivity contribution in [1.82, 2.24) is 31.9 Å². The number of aliphatic carboxylic acids is 1. The van der Waals surface area contributed by atoms with Gasteiger partial charge in [0.2, 0.25) is 41.4 Å². The third kappa shape index (κ3) is 24.1. The average Bonchev–Trinajstić information content (AvgIpc) is 3.24. The first-order chi connectivity index (χ1) is 32.3. The zero-order valence-electron chi connectivity index (χ0n) is 39.1. The first kappa shape index (κ1) is 60.2. The van der Waals surface area contributed by atoms with Crippen LogP contribution in [0.2, 0.25) is 0 Å². The Morgan fingerprint density at radius 1 is 0.710 bits per heavy atom. The van der Waals surface area contributed by atoms with Gasteiger partial charge in [0.1, 0.15) is 35.8 Å². The number of nitrogens with one attached hydrogen (secondary N) is 8. The number of rotatable bonds is 28. The normalized spacial score (nSPS) is 13.2. The maximum atomic E-state index is 14.0. The molecule has 0 aliphatic rings. The number of benzene rings is 1. The van der Waals surface area contributed by atoms with Crippen LogP contribution in [0.3, 0.4) is 0 Å². The molecule has 386 valence electrons. The molecule has 0 fully saturated rings. The lowest BCUT2D eigenvalue weighted by molar-refractivity contribution is -0.192. The van der Waals surface area contributed by atoms with Crippen molar-refractivity contribution in [2.75, 3.05) is 25.0 Å². The molecule has 0 spiro atoms. The molecule has 2 rings (SSSR count). The van der Waals surface area contributed by atoms with Crippen LogP contribution in [0.4, 0.5) is 18.9 Å². The van der Waals surface area contributed by atoms with E-state index in [1.165, 1.54) is 19.1 Å². The van der Waals surface area contributed by atoms with Gasteiger partial charge >= 0.3 is 17.8 Å². The molecule has 1 heterocycles. The maximum Gasteiger partial charge on any atom is 0.490 e. The lowest BCUT2D eigenvalue weighted by Gasteiger charge is -2.28. The minimum atomic E-state index is -5.08. The summed E-state index contributed by atoms with van der Waals surface area (Å²) in [5, 5.41) is 34.0.